The highest BCUT2D eigenvalue weighted by Gasteiger charge is 2.01. The topological polar surface area (TPSA) is 20.5 Å². The molecule has 0 bridgehead atoms. The fraction of sp³-hybridized carbons (Fsp3) is 0.364. The molecule has 0 aromatic carbocycles. The van der Waals surface area contributed by atoms with Gasteiger partial charge in [-0.3, -0.25) is 0 Å². The number of aromatic nitrogens is 2. The highest BCUT2D eigenvalue weighted by molar-refractivity contribution is 5.39. The fourth-order valence-electron chi connectivity index (χ4n) is 1.51. The maximum Gasteiger partial charge on any atom is 0.136 e. The quantitative estimate of drug-likeness (QED) is 0.728. The number of nitrogens with zero attached hydrogens (tertiary/aromatic N) is 3. The standard InChI is InChI=1S/C11H15N3/c1-13(2)8-6-10-9-12-11-5-3-4-7-14(10)11/h3-5,7,9H,6,8H2,1-2H3. The van der Waals surface area contributed by atoms with E-state index in [1.165, 1.54) is 5.69 Å². The van der Waals surface area contributed by atoms with E-state index in [0.717, 1.165) is 18.6 Å². The molecule has 0 aliphatic rings. The van der Waals surface area contributed by atoms with Gasteiger partial charge < -0.3 is 9.30 Å². The average Bonchev–Trinajstić information content (AvgIpc) is 2.58. The van der Waals surface area contributed by atoms with Crippen LogP contribution in [0.3, 0.4) is 0 Å². The summed E-state index contributed by atoms with van der Waals surface area (Å²) >= 11 is 0. The van der Waals surface area contributed by atoms with Gasteiger partial charge >= 0.3 is 0 Å². The van der Waals surface area contributed by atoms with Crippen molar-refractivity contribution in [3.05, 3.63) is 36.3 Å². The van der Waals surface area contributed by atoms with Crippen molar-refractivity contribution in [3.63, 3.8) is 0 Å². The number of imidazole rings is 1. The van der Waals surface area contributed by atoms with Crippen LogP contribution in [0.2, 0.25) is 0 Å². The first kappa shape index (κ1) is 9.21. The van der Waals surface area contributed by atoms with Gasteiger partial charge in [-0.15, -0.1) is 0 Å². The van der Waals surface area contributed by atoms with E-state index in [2.05, 4.69) is 34.6 Å². The van der Waals surface area contributed by atoms with Crippen LogP contribution in [0.25, 0.3) is 5.65 Å². The molecule has 2 rings (SSSR count). The summed E-state index contributed by atoms with van der Waals surface area (Å²) in [6.45, 7) is 1.06. The molecule has 14 heavy (non-hydrogen) atoms. The van der Waals surface area contributed by atoms with E-state index in [1.807, 2.05) is 24.4 Å². The number of fused-ring (bicyclic) bond motifs is 1. The minimum atomic E-state index is 1.03. The van der Waals surface area contributed by atoms with Crippen LogP contribution in [-0.4, -0.2) is 34.9 Å². The van der Waals surface area contributed by atoms with Gasteiger partial charge in [0, 0.05) is 31.1 Å². The molecule has 0 aliphatic heterocycles. The molecule has 2 heterocycles. The highest BCUT2D eigenvalue weighted by Crippen LogP contribution is 2.06. The van der Waals surface area contributed by atoms with E-state index in [9.17, 15) is 0 Å². The van der Waals surface area contributed by atoms with Crippen molar-refractivity contribution in [3.8, 4) is 0 Å². The molecular formula is C11H15N3. The monoisotopic (exact) mass is 189 g/mol. The van der Waals surface area contributed by atoms with Crippen LogP contribution >= 0.6 is 0 Å². The van der Waals surface area contributed by atoms with Crippen LogP contribution < -0.4 is 0 Å². The molecule has 0 radical (unpaired) electrons. The lowest BCUT2D eigenvalue weighted by Gasteiger charge is -2.08. The summed E-state index contributed by atoms with van der Waals surface area (Å²) in [5.74, 6) is 0. The number of hydrogen-bond acceptors (Lipinski definition) is 2. The van der Waals surface area contributed by atoms with Gasteiger partial charge in [0.2, 0.25) is 0 Å². The smallest absolute Gasteiger partial charge is 0.136 e. The number of rotatable bonds is 3. The predicted octanol–water partition coefficient (Wildman–Crippen LogP) is 1.44. The molecular weight excluding hydrogens is 174 g/mol. The summed E-state index contributed by atoms with van der Waals surface area (Å²) in [6.07, 6.45) is 5.06. The Morgan fingerprint density at radius 1 is 1.36 bits per heavy atom. The van der Waals surface area contributed by atoms with E-state index >= 15 is 0 Å². The summed E-state index contributed by atoms with van der Waals surface area (Å²) in [4.78, 5) is 6.52. The zero-order chi connectivity index (χ0) is 9.97. The van der Waals surface area contributed by atoms with Crippen molar-refractivity contribution < 1.29 is 0 Å². The number of pyridine rings is 1. The molecule has 3 nitrogen and oxygen atoms in total. The van der Waals surface area contributed by atoms with Gasteiger partial charge in [-0.05, 0) is 26.2 Å². The summed E-state index contributed by atoms with van der Waals surface area (Å²) < 4.78 is 2.14. The van der Waals surface area contributed by atoms with Crippen molar-refractivity contribution in [2.75, 3.05) is 20.6 Å². The minimum Gasteiger partial charge on any atom is -0.309 e. The minimum absolute atomic E-state index is 1.03. The lowest BCUT2D eigenvalue weighted by molar-refractivity contribution is 0.411. The first-order valence-electron chi connectivity index (χ1n) is 4.83. The molecule has 0 N–H and O–H groups in total. The van der Waals surface area contributed by atoms with Crippen molar-refractivity contribution in [1.29, 1.82) is 0 Å². The average molecular weight is 189 g/mol. The van der Waals surface area contributed by atoms with E-state index in [4.69, 9.17) is 0 Å². The molecule has 0 amide bonds. The third-order valence-electron chi connectivity index (χ3n) is 2.31. The zero-order valence-corrected chi connectivity index (χ0v) is 8.64. The molecule has 0 saturated carbocycles. The van der Waals surface area contributed by atoms with Crippen molar-refractivity contribution in [2.24, 2.45) is 0 Å². The van der Waals surface area contributed by atoms with Crippen LogP contribution in [-0.2, 0) is 6.42 Å². The largest absolute Gasteiger partial charge is 0.309 e. The summed E-state index contributed by atoms with van der Waals surface area (Å²) in [6, 6.07) is 6.07. The van der Waals surface area contributed by atoms with Crippen LogP contribution in [0.15, 0.2) is 30.6 Å². The Kier molecular flexibility index (Phi) is 2.50. The number of likely N-dealkylation sites (N-methyl/N-ethyl adjacent to an activating group) is 1. The Balaban J connectivity index is 2.25. The Labute approximate surface area is 84.0 Å². The van der Waals surface area contributed by atoms with E-state index in [1.54, 1.807) is 0 Å². The zero-order valence-electron chi connectivity index (χ0n) is 8.64. The summed E-state index contributed by atoms with van der Waals surface area (Å²) in [7, 11) is 4.17. The van der Waals surface area contributed by atoms with Gasteiger partial charge in [-0.25, -0.2) is 4.98 Å². The Morgan fingerprint density at radius 3 is 3.00 bits per heavy atom. The second-order valence-corrected chi connectivity index (χ2v) is 3.73. The second kappa shape index (κ2) is 3.80. The number of hydrogen-bond donors (Lipinski definition) is 0. The lowest BCUT2D eigenvalue weighted by Crippen LogP contribution is -2.15. The maximum atomic E-state index is 4.34. The maximum absolute atomic E-state index is 4.34. The second-order valence-electron chi connectivity index (χ2n) is 3.73. The predicted molar refractivity (Wildman–Crippen MR) is 57.5 cm³/mol. The van der Waals surface area contributed by atoms with Crippen molar-refractivity contribution >= 4 is 5.65 Å². The summed E-state index contributed by atoms with van der Waals surface area (Å²) in [5, 5.41) is 0. The lowest BCUT2D eigenvalue weighted by atomic mass is 10.3. The molecule has 2 aromatic rings. The molecule has 0 fully saturated rings. The normalized spacial score (nSPS) is 11.4. The molecule has 0 unspecified atom stereocenters. The van der Waals surface area contributed by atoms with Gasteiger partial charge in [0.25, 0.3) is 0 Å². The molecule has 2 aromatic heterocycles. The summed E-state index contributed by atoms with van der Waals surface area (Å²) in [5.41, 5.74) is 2.30. The molecule has 0 aliphatic carbocycles. The third-order valence-corrected chi connectivity index (χ3v) is 2.31. The molecule has 74 valence electrons. The van der Waals surface area contributed by atoms with Gasteiger partial charge in [-0.2, -0.15) is 0 Å². The Morgan fingerprint density at radius 2 is 2.21 bits per heavy atom. The van der Waals surface area contributed by atoms with E-state index < -0.39 is 0 Å². The van der Waals surface area contributed by atoms with E-state index in [0.29, 0.717) is 0 Å². The van der Waals surface area contributed by atoms with Gasteiger partial charge in [0.1, 0.15) is 5.65 Å². The highest BCUT2D eigenvalue weighted by atomic mass is 15.1. The van der Waals surface area contributed by atoms with E-state index in [-0.39, 0.29) is 0 Å². The van der Waals surface area contributed by atoms with Gasteiger partial charge in [0.05, 0.1) is 0 Å². The Hall–Kier alpha value is -1.35. The molecule has 0 spiro atoms. The first-order chi connectivity index (χ1) is 6.77. The SMILES string of the molecule is CN(C)CCc1cnc2ccccn12. The molecule has 0 atom stereocenters. The van der Waals surface area contributed by atoms with Crippen LogP contribution in [0.5, 0.6) is 0 Å². The van der Waals surface area contributed by atoms with Gasteiger partial charge in [-0.1, -0.05) is 6.07 Å². The van der Waals surface area contributed by atoms with Crippen LogP contribution in [0.4, 0.5) is 0 Å². The van der Waals surface area contributed by atoms with Gasteiger partial charge in [0.15, 0.2) is 0 Å². The molecule has 3 heteroatoms. The molecule has 0 saturated heterocycles. The third kappa shape index (κ3) is 1.77. The van der Waals surface area contributed by atoms with Crippen LogP contribution in [0.1, 0.15) is 5.69 Å². The van der Waals surface area contributed by atoms with Crippen LogP contribution in [0, 0.1) is 0 Å². The van der Waals surface area contributed by atoms with Crippen molar-refractivity contribution in [1.82, 2.24) is 14.3 Å². The fourth-order valence-corrected chi connectivity index (χ4v) is 1.51. The Bertz CT molecular complexity index is 417. The first-order valence-corrected chi connectivity index (χ1v) is 4.83. The van der Waals surface area contributed by atoms with Crippen molar-refractivity contribution in [2.45, 2.75) is 6.42 Å².